The standard InChI is InChI=1S/C11H11N3O2/c1-14-7-9(6-13-14)10-3-2-8(5-12-10)4-11(15)16/h2-3,5-7H,4H2,1H3,(H,15,16). The molecule has 5 heteroatoms. The second-order valence-electron chi connectivity index (χ2n) is 3.52. The van der Waals surface area contributed by atoms with Crippen molar-refractivity contribution in [3.8, 4) is 11.3 Å². The first-order valence-corrected chi connectivity index (χ1v) is 4.81. The van der Waals surface area contributed by atoms with E-state index in [4.69, 9.17) is 5.11 Å². The first-order valence-electron chi connectivity index (χ1n) is 4.81. The highest BCUT2D eigenvalue weighted by molar-refractivity contribution is 5.70. The van der Waals surface area contributed by atoms with Gasteiger partial charge in [-0.05, 0) is 11.6 Å². The molecule has 1 N–H and O–H groups in total. The van der Waals surface area contributed by atoms with Crippen LogP contribution in [-0.4, -0.2) is 25.8 Å². The minimum atomic E-state index is -0.851. The number of carboxylic acid groups (broad SMARTS) is 1. The van der Waals surface area contributed by atoms with Crippen LogP contribution in [0.5, 0.6) is 0 Å². The Morgan fingerprint density at radius 1 is 1.44 bits per heavy atom. The molecule has 0 aliphatic carbocycles. The molecule has 0 fully saturated rings. The molecule has 82 valence electrons. The van der Waals surface area contributed by atoms with Crippen molar-refractivity contribution >= 4 is 5.97 Å². The highest BCUT2D eigenvalue weighted by atomic mass is 16.4. The number of carboxylic acids is 1. The minimum Gasteiger partial charge on any atom is -0.481 e. The quantitative estimate of drug-likeness (QED) is 0.836. The molecule has 0 amide bonds. The van der Waals surface area contributed by atoms with Crippen molar-refractivity contribution < 1.29 is 9.90 Å². The molecule has 2 aromatic rings. The summed E-state index contributed by atoms with van der Waals surface area (Å²) in [5.41, 5.74) is 2.41. The van der Waals surface area contributed by atoms with Crippen molar-refractivity contribution in [3.05, 3.63) is 36.3 Å². The van der Waals surface area contributed by atoms with Crippen molar-refractivity contribution in [1.29, 1.82) is 0 Å². The zero-order valence-corrected chi connectivity index (χ0v) is 8.79. The molecule has 0 aliphatic heterocycles. The van der Waals surface area contributed by atoms with Gasteiger partial charge < -0.3 is 5.11 Å². The monoisotopic (exact) mass is 217 g/mol. The van der Waals surface area contributed by atoms with E-state index >= 15 is 0 Å². The van der Waals surface area contributed by atoms with Gasteiger partial charge in [-0.25, -0.2) is 0 Å². The first kappa shape index (κ1) is 10.4. The SMILES string of the molecule is Cn1cc(-c2ccc(CC(=O)O)cn2)cn1. The third-order valence-electron chi connectivity index (χ3n) is 2.18. The van der Waals surface area contributed by atoms with Gasteiger partial charge in [0.25, 0.3) is 0 Å². The van der Waals surface area contributed by atoms with Crippen LogP contribution in [0.25, 0.3) is 11.3 Å². The van der Waals surface area contributed by atoms with E-state index in [9.17, 15) is 4.79 Å². The number of hydrogen-bond acceptors (Lipinski definition) is 3. The lowest BCUT2D eigenvalue weighted by atomic mass is 10.1. The fraction of sp³-hybridized carbons (Fsp3) is 0.182. The van der Waals surface area contributed by atoms with E-state index < -0.39 is 5.97 Å². The van der Waals surface area contributed by atoms with E-state index in [0.717, 1.165) is 11.3 Å². The molecule has 2 aromatic heterocycles. The Bertz CT molecular complexity index is 502. The van der Waals surface area contributed by atoms with E-state index in [2.05, 4.69) is 10.1 Å². The number of nitrogens with zero attached hydrogens (tertiary/aromatic N) is 3. The Hall–Kier alpha value is -2.17. The molecular formula is C11H11N3O2. The lowest BCUT2D eigenvalue weighted by molar-refractivity contribution is -0.136. The predicted octanol–water partition coefficient (Wildman–Crippen LogP) is 1.11. The second kappa shape index (κ2) is 4.14. The second-order valence-corrected chi connectivity index (χ2v) is 3.52. The Balaban J connectivity index is 2.22. The molecule has 0 saturated heterocycles. The van der Waals surface area contributed by atoms with E-state index in [-0.39, 0.29) is 6.42 Å². The molecule has 0 saturated carbocycles. The zero-order chi connectivity index (χ0) is 11.5. The highest BCUT2D eigenvalue weighted by Gasteiger charge is 2.04. The molecule has 0 aromatic carbocycles. The maximum Gasteiger partial charge on any atom is 0.307 e. The summed E-state index contributed by atoms with van der Waals surface area (Å²) in [6.45, 7) is 0. The number of rotatable bonds is 3. The third-order valence-corrected chi connectivity index (χ3v) is 2.18. The fourth-order valence-electron chi connectivity index (χ4n) is 1.43. The topological polar surface area (TPSA) is 68.0 Å². The number of hydrogen-bond donors (Lipinski definition) is 1. The van der Waals surface area contributed by atoms with Crippen molar-refractivity contribution in [2.24, 2.45) is 7.05 Å². The summed E-state index contributed by atoms with van der Waals surface area (Å²) in [6, 6.07) is 3.57. The van der Waals surface area contributed by atoms with Crippen LogP contribution in [0.2, 0.25) is 0 Å². The molecule has 0 atom stereocenters. The van der Waals surface area contributed by atoms with Gasteiger partial charge in [0.05, 0.1) is 18.3 Å². The Labute approximate surface area is 92.4 Å². The van der Waals surface area contributed by atoms with E-state index in [1.165, 1.54) is 0 Å². The summed E-state index contributed by atoms with van der Waals surface area (Å²) in [5.74, 6) is -0.851. The van der Waals surface area contributed by atoms with Crippen molar-refractivity contribution in [2.75, 3.05) is 0 Å². The largest absolute Gasteiger partial charge is 0.481 e. The smallest absolute Gasteiger partial charge is 0.307 e. The van der Waals surface area contributed by atoms with Crippen LogP contribution in [0.3, 0.4) is 0 Å². The lowest BCUT2D eigenvalue weighted by Crippen LogP contribution is -2.00. The third kappa shape index (κ3) is 2.25. The molecule has 0 unspecified atom stereocenters. The molecule has 0 spiro atoms. The Morgan fingerprint density at radius 3 is 2.75 bits per heavy atom. The minimum absolute atomic E-state index is 0.000317. The molecule has 0 bridgehead atoms. The maximum atomic E-state index is 10.5. The van der Waals surface area contributed by atoms with Gasteiger partial charge in [-0.2, -0.15) is 5.10 Å². The summed E-state index contributed by atoms with van der Waals surface area (Å²) < 4.78 is 1.70. The molecule has 16 heavy (non-hydrogen) atoms. The van der Waals surface area contributed by atoms with Gasteiger partial charge in [0, 0.05) is 25.0 Å². The number of aliphatic carboxylic acids is 1. The van der Waals surface area contributed by atoms with Gasteiger partial charge in [0.15, 0.2) is 0 Å². The number of aromatic nitrogens is 3. The van der Waals surface area contributed by atoms with Crippen LogP contribution >= 0.6 is 0 Å². The number of carbonyl (C=O) groups is 1. The van der Waals surface area contributed by atoms with Crippen molar-refractivity contribution in [2.45, 2.75) is 6.42 Å². The van der Waals surface area contributed by atoms with Gasteiger partial charge in [-0.1, -0.05) is 6.07 Å². The van der Waals surface area contributed by atoms with Crippen molar-refractivity contribution in [1.82, 2.24) is 14.8 Å². The summed E-state index contributed by atoms with van der Waals surface area (Å²) in [6.07, 6.45) is 5.16. The number of aryl methyl sites for hydroxylation is 1. The zero-order valence-electron chi connectivity index (χ0n) is 8.79. The summed E-state index contributed by atoms with van der Waals surface area (Å²) in [4.78, 5) is 14.7. The van der Waals surface area contributed by atoms with E-state index in [0.29, 0.717) is 5.56 Å². The normalized spacial score (nSPS) is 10.3. The molecule has 0 radical (unpaired) electrons. The van der Waals surface area contributed by atoms with Gasteiger partial charge in [0.2, 0.25) is 0 Å². The van der Waals surface area contributed by atoms with Crippen LogP contribution in [-0.2, 0) is 18.3 Å². The van der Waals surface area contributed by atoms with Crippen LogP contribution in [0, 0.1) is 0 Å². The van der Waals surface area contributed by atoms with E-state index in [1.807, 2.05) is 13.2 Å². The van der Waals surface area contributed by atoms with Crippen LogP contribution in [0.4, 0.5) is 0 Å². The van der Waals surface area contributed by atoms with Crippen LogP contribution in [0.15, 0.2) is 30.7 Å². The van der Waals surface area contributed by atoms with Gasteiger partial charge in [-0.3, -0.25) is 14.5 Å². The molecule has 2 heterocycles. The molecule has 2 rings (SSSR count). The predicted molar refractivity (Wildman–Crippen MR) is 57.8 cm³/mol. The van der Waals surface area contributed by atoms with E-state index in [1.54, 1.807) is 29.2 Å². The van der Waals surface area contributed by atoms with Crippen LogP contribution in [0.1, 0.15) is 5.56 Å². The van der Waals surface area contributed by atoms with Crippen LogP contribution < -0.4 is 0 Å². The van der Waals surface area contributed by atoms with Gasteiger partial charge in [-0.15, -0.1) is 0 Å². The summed E-state index contributed by atoms with van der Waals surface area (Å²) >= 11 is 0. The fourth-order valence-corrected chi connectivity index (χ4v) is 1.43. The average Bonchev–Trinajstić information content (AvgIpc) is 2.65. The van der Waals surface area contributed by atoms with Gasteiger partial charge >= 0.3 is 5.97 Å². The van der Waals surface area contributed by atoms with Gasteiger partial charge in [0.1, 0.15) is 0 Å². The molecular weight excluding hydrogens is 206 g/mol. The summed E-state index contributed by atoms with van der Waals surface area (Å²) in [7, 11) is 1.84. The first-order chi connectivity index (χ1) is 7.65. The Kier molecular flexibility index (Phi) is 2.68. The summed E-state index contributed by atoms with van der Waals surface area (Å²) in [5, 5.41) is 12.7. The molecule has 0 aliphatic rings. The lowest BCUT2D eigenvalue weighted by Gasteiger charge is -1.98. The average molecular weight is 217 g/mol. The van der Waals surface area contributed by atoms with Crippen molar-refractivity contribution in [3.63, 3.8) is 0 Å². The Morgan fingerprint density at radius 2 is 2.25 bits per heavy atom. The highest BCUT2D eigenvalue weighted by Crippen LogP contribution is 2.15. The maximum absolute atomic E-state index is 10.5. The number of pyridine rings is 1. The molecule has 5 nitrogen and oxygen atoms in total.